The summed E-state index contributed by atoms with van der Waals surface area (Å²) in [5.41, 5.74) is 5.27. The van der Waals surface area contributed by atoms with Crippen LogP contribution in [-0.2, 0) is 9.53 Å². The van der Waals surface area contributed by atoms with E-state index in [-0.39, 0.29) is 22.8 Å². The van der Waals surface area contributed by atoms with Crippen molar-refractivity contribution in [1.29, 1.82) is 0 Å². The number of phenols is 1. The highest BCUT2D eigenvalue weighted by Crippen LogP contribution is 2.22. The standard InChI is InChI=1S/C15H20ClNO4/c16-11-7-8-13(18)12(10-11)15(20)21-14(19)6-4-2-1-3-5-9-17/h7-8,10,18H,1-6,9,17H2. The number of aromatic hydroxyl groups is 1. The average molecular weight is 314 g/mol. The van der Waals surface area contributed by atoms with Crippen molar-refractivity contribution in [2.45, 2.75) is 38.5 Å². The second-order valence-electron chi connectivity index (χ2n) is 4.73. The van der Waals surface area contributed by atoms with Crippen molar-refractivity contribution in [3.05, 3.63) is 28.8 Å². The van der Waals surface area contributed by atoms with Crippen LogP contribution in [0.3, 0.4) is 0 Å². The van der Waals surface area contributed by atoms with Gasteiger partial charge < -0.3 is 15.6 Å². The van der Waals surface area contributed by atoms with Gasteiger partial charge in [-0.05, 0) is 37.6 Å². The van der Waals surface area contributed by atoms with Crippen molar-refractivity contribution in [3.8, 4) is 5.75 Å². The number of carbonyl (C=O) groups is 2. The summed E-state index contributed by atoms with van der Waals surface area (Å²) >= 11 is 5.73. The van der Waals surface area contributed by atoms with Crippen molar-refractivity contribution < 1.29 is 19.4 Å². The van der Waals surface area contributed by atoms with Gasteiger partial charge in [-0.1, -0.05) is 30.9 Å². The lowest BCUT2D eigenvalue weighted by atomic mass is 10.1. The molecule has 0 fully saturated rings. The minimum absolute atomic E-state index is 0.112. The highest BCUT2D eigenvalue weighted by atomic mass is 35.5. The Balaban J connectivity index is 2.34. The Kier molecular flexibility index (Phi) is 7.79. The van der Waals surface area contributed by atoms with Gasteiger partial charge in [0.15, 0.2) is 0 Å². The van der Waals surface area contributed by atoms with Crippen LogP contribution in [0.1, 0.15) is 48.9 Å². The number of halogens is 1. The molecule has 0 saturated carbocycles. The van der Waals surface area contributed by atoms with Crippen LogP contribution in [0.2, 0.25) is 5.02 Å². The van der Waals surface area contributed by atoms with E-state index in [1.54, 1.807) is 0 Å². The average Bonchev–Trinajstić information content (AvgIpc) is 2.45. The summed E-state index contributed by atoms with van der Waals surface area (Å²) in [6, 6.07) is 3.98. The molecule has 0 unspecified atom stereocenters. The number of hydrogen-bond donors (Lipinski definition) is 2. The smallest absolute Gasteiger partial charge is 0.349 e. The van der Waals surface area contributed by atoms with Crippen LogP contribution in [0.4, 0.5) is 0 Å². The summed E-state index contributed by atoms with van der Waals surface area (Å²) in [4.78, 5) is 23.3. The highest BCUT2D eigenvalue weighted by Gasteiger charge is 2.16. The van der Waals surface area contributed by atoms with Gasteiger partial charge in [0.05, 0.1) is 0 Å². The number of nitrogens with two attached hydrogens (primary N) is 1. The van der Waals surface area contributed by atoms with E-state index in [9.17, 15) is 14.7 Å². The first kappa shape index (κ1) is 17.5. The van der Waals surface area contributed by atoms with Gasteiger partial charge in [0, 0.05) is 11.4 Å². The third kappa shape index (κ3) is 6.60. The Bertz CT molecular complexity index is 491. The summed E-state index contributed by atoms with van der Waals surface area (Å²) in [6.07, 6.45) is 4.77. The topological polar surface area (TPSA) is 89.6 Å². The second-order valence-corrected chi connectivity index (χ2v) is 5.17. The molecule has 6 heteroatoms. The van der Waals surface area contributed by atoms with Gasteiger partial charge in [0.25, 0.3) is 0 Å². The van der Waals surface area contributed by atoms with E-state index in [1.165, 1.54) is 18.2 Å². The Morgan fingerprint density at radius 1 is 1.14 bits per heavy atom. The number of hydrogen-bond acceptors (Lipinski definition) is 5. The molecule has 116 valence electrons. The quantitative estimate of drug-likeness (QED) is 0.437. The summed E-state index contributed by atoms with van der Waals surface area (Å²) in [7, 11) is 0. The van der Waals surface area contributed by atoms with E-state index < -0.39 is 11.9 Å². The van der Waals surface area contributed by atoms with Gasteiger partial charge in [-0.3, -0.25) is 4.79 Å². The van der Waals surface area contributed by atoms with E-state index >= 15 is 0 Å². The molecule has 0 heterocycles. The fourth-order valence-electron chi connectivity index (χ4n) is 1.83. The molecule has 1 rings (SSSR count). The first-order valence-corrected chi connectivity index (χ1v) is 7.36. The normalized spacial score (nSPS) is 10.4. The van der Waals surface area contributed by atoms with Gasteiger partial charge in [0.2, 0.25) is 0 Å². The fourth-order valence-corrected chi connectivity index (χ4v) is 2.00. The van der Waals surface area contributed by atoms with Crippen molar-refractivity contribution in [2.75, 3.05) is 6.54 Å². The number of esters is 2. The minimum Gasteiger partial charge on any atom is -0.507 e. The number of rotatable bonds is 8. The molecule has 21 heavy (non-hydrogen) atoms. The van der Waals surface area contributed by atoms with E-state index in [1.807, 2.05) is 0 Å². The van der Waals surface area contributed by atoms with Gasteiger partial charge >= 0.3 is 11.9 Å². The molecule has 0 spiro atoms. The first-order valence-electron chi connectivity index (χ1n) is 6.98. The van der Waals surface area contributed by atoms with Crippen LogP contribution in [0.15, 0.2) is 18.2 Å². The van der Waals surface area contributed by atoms with Crippen LogP contribution in [0.25, 0.3) is 0 Å². The molecule has 0 atom stereocenters. The predicted octanol–water partition coefficient (Wildman–Crippen LogP) is 3.03. The Morgan fingerprint density at radius 3 is 2.52 bits per heavy atom. The molecule has 0 radical (unpaired) electrons. The van der Waals surface area contributed by atoms with Gasteiger partial charge in [0.1, 0.15) is 11.3 Å². The molecule has 0 bridgehead atoms. The zero-order valence-corrected chi connectivity index (χ0v) is 12.6. The number of ether oxygens (including phenoxy) is 1. The van der Waals surface area contributed by atoms with Crippen molar-refractivity contribution >= 4 is 23.5 Å². The summed E-state index contributed by atoms with van der Waals surface area (Å²) in [6.45, 7) is 0.680. The van der Waals surface area contributed by atoms with Gasteiger partial charge in [-0.2, -0.15) is 0 Å². The molecule has 3 N–H and O–H groups in total. The Labute approximate surface area is 129 Å². The molecule has 1 aromatic rings. The third-order valence-corrected chi connectivity index (χ3v) is 3.21. The predicted molar refractivity (Wildman–Crippen MR) is 80.3 cm³/mol. The molecule has 0 aliphatic carbocycles. The molecule has 0 amide bonds. The van der Waals surface area contributed by atoms with E-state index in [0.29, 0.717) is 13.0 Å². The van der Waals surface area contributed by atoms with Crippen molar-refractivity contribution in [1.82, 2.24) is 0 Å². The number of unbranched alkanes of at least 4 members (excludes halogenated alkanes) is 4. The minimum atomic E-state index is -0.886. The Hall–Kier alpha value is -1.59. The summed E-state index contributed by atoms with van der Waals surface area (Å²) < 4.78 is 4.68. The van der Waals surface area contributed by atoms with E-state index in [0.717, 1.165) is 25.7 Å². The lowest BCUT2D eigenvalue weighted by Gasteiger charge is -2.05. The van der Waals surface area contributed by atoms with Crippen LogP contribution in [-0.4, -0.2) is 23.6 Å². The number of benzene rings is 1. The Morgan fingerprint density at radius 2 is 1.81 bits per heavy atom. The van der Waals surface area contributed by atoms with Crippen molar-refractivity contribution in [2.24, 2.45) is 5.73 Å². The number of carbonyl (C=O) groups excluding carboxylic acids is 2. The highest BCUT2D eigenvalue weighted by molar-refractivity contribution is 6.31. The monoisotopic (exact) mass is 313 g/mol. The van der Waals surface area contributed by atoms with Gasteiger partial charge in [-0.25, -0.2) is 4.79 Å². The van der Waals surface area contributed by atoms with Crippen LogP contribution in [0, 0.1) is 0 Å². The summed E-state index contributed by atoms with van der Waals surface area (Å²) in [5, 5.41) is 9.82. The second kappa shape index (κ2) is 9.37. The lowest BCUT2D eigenvalue weighted by Crippen LogP contribution is -2.12. The molecule has 0 aromatic heterocycles. The molecule has 0 aliphatic rings. The molecular formula is C15H20ClNO4. The maximum absolute atomic E-state index is 11.7. The zero-order valence-electron chi connectivity index (χ0n) is 11.8. The maximum Gasteiger partial charge on any atom is 0.349 e. The fraction of sp³-hybridized carbons (Fsp3) is 0.467. The largest absolute Gasteiger partial charge is 0.507 e. The van der Waals surface area contributed by atoms with Crippen molar-refractivity contribution in [3.63, 3.8) is 0 Å². The number of phenolic OH excluding ortho intramolecular Hbond substituents is 1. The first-order chi connectivity index (χ1) is 10.0. The molecular weight excluding hydrogens is 294 g/mol. The van der Waals surface area contributed by atoms with E-state index in [2.05, 4.69) is 4.74 Å². The molecule has 1 aromatic carbocycles. The zero-order chi connectivity index (χ0) is 15.7. The van der Waals surface area contributed by atoms with Crippen LogP contribution >= 0.6 is 11.6 Å². The van der Waals surface area contributed by atoms with Crippen LogP contribution < -0.4 is 5.73 Å². The molecule has 0 saturated heterocycles. The summed E-state index contributed by atoms with van der Waals surface area (Å²) in [5.74, 6) is -1.75. The lowest BCUT2D eigenvalue weighted by molar-refractivity contribution is -0.138. The molecule has 0 aliphatic heterocycles. The van der Waals surface area contributed by atoms with Crippen LogP contribution in [0.5, 0.6) is 5.75 Å². The third-order valence-electron chi connectivity index (χ3n) is 2.97. The molecule has 5 nitrogen and oxygen atoms in total. The SMILES string of the molecule is NCCCCCCCC(=O)OC(=O)c1cc(Cl)ccc1O. The maximum atomic E-state index is 11.7. The van der Waals surface area contributed by atoms with Gasteiger partial charge in [-0.15, -0.1) is 0 Å². The van der Waals surface area contributed by atoms with E-state index in [4.69, 9.17) is 17.3 Å².